The minimum Gasteiger partial charge on any atom is -0.481 e. The van der Waals surface area contributed by atoms with Gasteiger partial charge in [0.05, 0.1) is 24.0 Å². The molecule has 5 nitrogen and oxygen atoms in total. The molecule has 1 saturated carbocycles. The highest BCUT2D eigenvalue weighted by Crippen LogP contribution is 2.38. The summed E-state index contributed by atoms with van der Waals surface area (Å²) in [6.45, 7) is 1.61. The van der Waals surface area contributed by atoms with Gasteiger partial charge in [0, 0.05) is 7.11 Å². The number of ether oxygens (including phenoxy) is 1. The highest BCUT2D eigenvalue weighted by Gasteiger charge is 2.39. The van der Waals surface area contributed by atoms with Crippen LogP contribution in [0.15, 0.2) is 30.3 Å². The summed E-state index contributed by atoms with van der Waals surface area (Å²) in [5.74, 6) is -1.80. The van der Waals surface area contributed by atoms with Gasteiger partial charge in [0.15, 0.2) is 0 Å². The number of hydrogen-bond acceptors (Lipinski definition) is 3. The Morgan fingerprint density at radius 2 is 1.95 bits per heavy atom. The summed E-state index contributed by atoms with van der Waals surface area (Å²) >= 11 is 0. The molecule has 120 valence electrons. The summed E-state index contributed by atoms with van der Waals surface area (Å²) in [5, 5.41) is 12.2. The predicted molar refractivity (Wildman–Crippen MR) is 82.3 cm³/mol. The Hall–Kier alpha value is -1.88. The Balaban J connectivity index is 2.09. The van der Waals surface area contributed by atoms with Crippen molar-refractivity contribution in [1.82, 2.24) is 5.32 Å². The van der Waals surface area contributed by atoms with E-state index < -0.39 is 17.9 Å². The molecular weight excluding hydrogens is 282 g/mol. The fraction of sp³-hybridized carbons (Fsp3) is 0.529. The number of carboxylic acid groups (broad SMARTS) is 1. The van der Waals surface area contributed by atoms with E-state index in [-0.39, 0.29) is 17.9 Å². The van der Waals surface area contributed by atoms with Crippen molar-refractivity contribution in [3.05, 3.63) is 35.9 Å². The van der Waals surface area contributed by atoms with Gasteiger partial charge in [-0.3, -0.25) is 9.59 Å². The van der Waals surface area contributed by atoms with Gasteiger partial charge < -0.3 is 15.2 Å². The van der Waals surface area contributed by atoms with Gasteiger partial charge in [0.25, 0.3) is 0 Å². The van der Waals surface area contributed by atoms with Crippen molar-refractivity contribution in [2.24, 2.45) is 5.92 Å². The molecule has 1 aromatic carbocycles. The number of hydrogen-bond donors (Lipinski definition) is 2. The third-order valence-corrected chi connectivity index (χ3v) is 4.55. The zero-order valence-corrected chi connectivity index (χ0v) is 13.0. The Labute approximate surface area is 130 Å². The molecule has 1 aromatic rings. The molecule has 2 rings (SSSR count). The van der Waals surface area contributed by atoms with E-state index in [0.29, 0.717) is 0 Å². The molecule has 0 aliphatic heterocycles. The lowest BCUT2D eigenvalue weighted by Gasteiger charge is -2.40. The molecule has 0 saturated heterocycles. The van der Waals surface area contributed by atoms with Crippen LogP contribution < -0.4 is 5.32 Å². The Kier molecular flexibility index (Phi) is 5.19. The van der Waals surface area contributed by atoms with E-state index in [2.05, 4.69) is 5.32 Å². The van der Waals surface area contributed by atoms with Gasteiger partial charge in [-0.2, -0.15) is 0 Å². The molecule has 1 aliphatic rings. The third-order valence-electron chi connectivity index (χ3n) is 4.55. The van der Waals surface area contributed by atoms with Crippen molar-refractivity contribution in [3.63, 3.8) is 0 Å². The second-order valence-electron chi connectivity index (χ2n) is 6.00. The molecule has 0 radical (unpaired) electrons. The molecule has 0 heterocycles. The maximum Gasteiger partial charge on any atom is 0.308 e. The van der Waals surface area contributed by atoms with Crippen molar-refractivity contribution >= 4 is 11.9 Å². The first-order valence-corrected chi connectivity index (χ1v) is 7.60. The van der Waals surface area contributed by atoms with Crippen molar-refractivity contribution in [1.29, 1.82) is 0 Å². The number of carbonyl (C=O) groups excluding carboxylic acids is 1. The lowest BCUT2D eigenvalue weighted by atomic mass is 9.77. The van der Waals surface area contributed by atoms with Gasteiger partial charge in [0.1, 0.15) is 0 Å². The molecule has 2 atom stereocenters. The number of nitrogens with one attached hydrogen (secondary N) is 1. The average molecular weight is 305 g/mol. The third kappa shape index (κ3) is 3.65. The Morgan fingerprint density at radius 1 is 1.32 bits per heavy atom. The Bertz CT molecular complexity index is 519. The van der Waals surface area contributed by atoms with E-state index in [1.54, 1.807) is 14.0 Å². The zero-order valence-electron chi connectivity index (χ0n) is 13.0. The summed E-state index contributed by atoms with van der Waals surface area (Å²) in [4.78, 5) is 23.7. The zero-order chi connectivity index (χ0) is 16.2. The first kappa shape index (κ1) is 16.5. The fourth-order valence-corrected chi connectivity index (χ4v) is 2.84. The van der Waals surface area contributed by atoms with E-state index in [1.807, 2.05) is 30.3 Å². The van der Waals surface area contributed by atoms with Crippen LogP contribution in [0.25, 0.3) is 0 Å². The predicted octanol–water partition coefficient (Wildman–Crippen LogP) is 2.52. The van der Waals surface area contributed by atoms with Crippen molar-refractivity contribution < 1.29 is 19.4 Å². The maximum atomic E-state index is 12.3. The van der Waals surface area contributed by atoms with Crippen molar-refractivity contribution in [2.45, 2.75) is 44.2 Å². The lowest BCUT2D eigenvalue weighted by Crippen LogP contribution is -2.45. The summed E-state index contributed by atoms with van der Waals surface area (Å²) in [5.41, 5.74) is 0.434. The van der Waals surface area contributed by atoms with Gasteiger partial charge in [0.2, 0.25) is 5.91 Å². The molecule has 1 aliphatic carbocycles. The molecule has 0 aromatic heterocycles. The van der Waals surface area contributed by atoms with Crippen LogP contribution in [0.4, 0.5) is 0 Å². The minimum atomic E-state index is -0.931. The standard InChI is InChI=1S/C17H23NO4/c1-12(16(20)21)15(13-7-4-3-5-8-13)18-14(19)11-17(22-2)9-6-10-17/h3-5,7-8,12,15H,6,9-11H2,1-2H3,(H,18,19)(H,20,21). The first-order valence-electron chi connectivity index (χ1n) is 7.60. The highest BCUT2D eigenvalue weighted by atomic mass is 16.5. The number of benzene rings is 1. The van der Waals surface area contributed by atoms with Crippen LogP contribution >= 0.6 is 0 Å². The number of rotatable bonds is 7. The van der Waals surface area contributed by atoms with Crippen LogP contribution in [0.2, 0.25) is 0 Å². The van der Waals surface area contributed by atoms with Crippen LogP contribution in [0.3, 0.4) is 0 Å². The van der Waals surface area contributed by atoms with Gasteiger partial charge >= 0.3 is 5.97 Å². The average Bonchev–Trinajstić information content (AvgIpc) is 2.48. The SMILES string of the molecule is COC1(CC(=O)NC(c2ccccc2)C(C)C(=O)O)CCC1. The van der Waals surface area contributed by atoms with Crippen LogP contribution in [0, 0.1) is 5.92 Å². The van der Waals surface area contributed by atoms with Gasteiger partial charge in [-0.15, -0.1) is 0 Å². The molecule has 0 bridgehead atoms. The van der Waals surface area contributed by atoms with Crippen LogP contribution in [-0.2, 0) is 14.3 Å². The highest BCUT2D eigenvalue weighted by molar-refractivity contribution is 5.79. The molecule has 0 spiro atoms. The number of carboxylic acids is 1. The molecule has 1 amide bonds. The summed E-state index contributed by atoms with van der Waals surface area (Å²) < 4.78 is 5.46. The molecule has 5 heteroatoms. The van der Waals surface area contributed by atoms with E-state index >= 15 is 0 Å². The number of amides is 1. The molecule has 2 N–H and O–H groups in total. The summed E-state index contributed by atoms with van der Waals surface area (Å²) in [6, 6.07) is 8.67. The van der Waals surface area contributed by atoms with Crippen LogP contribution in [0.1, 0.15) is 44.2 Å². The molecule has 1 fully saturated rings. The smallest absolute Gasteiger partial charge is 0.308 e. The maximum absolute atomic E-state index is 12.3. The summed E-state index contributed by atoms with van der Waals surface area (Å²) in [6.07, 6.45) is 3.09. The normalized spacial score (nSPS) is 18.8. The molecular formula is C17H23NO4. The number of carbonyl (C=O) groups is 2. The van der Waals surface area contributed by atoms with Gasteiger partial charge in [-0.05, 0) is 31.7 Å². The van der Waals surface area contributed by atoms with Gasteiger partial charge in [-0.25, -0.2) is 0 Å². The minimum absolute atomic E-state index is 0.163. The van der Waals surface area contributed by atoms with E-state index in [4.69, 9.17) is 4.74 Å². The van der Waals surface area contributed by atoms with Crippen molar-refractivity contribution in [3.8, 4) is 0 Å². The van der Waals surface area contributed by atoms with Crippen LogP contribution in [-0.4, -0.2) is 29.7 Å². The fourth-order valence-electron chi connectivity index (χ4n) is 2.84. The first-order chi connectivity index (χ1) is 10.5. The van der Waals surface area contributed by atoms with E-state index in [1.165, 1.54) is 0 Å². The van der Waals surface area contributed by atoms with E-state index in [9.17, 15) is 14.7 Å². The quantitative estimate of drug-likeness (QED) is 0.811. The largest absolute Gasteiger partial charge is 0.481 e. The number of methoxy groups -OCH3 is 1. The molecule has 2 unspecified atom stereocenters. The second-order valence-corrected chi connectivity index (χ2v) is 6.00. The van der Waals surface area contributed by atoms with Crippen LogP contribution in [0.5, 0.6) is 0 Å². The van der Waals surface area contributed by atoms with E-state index in [0.717, 1.165) is 24.8 Å². The number of aliphatic carboxylic acids is 1. The topological polar surface area (TPSA) is 75.6 Å². The molecule has 22 heavy (non-hydrogen) atoms. The monoisotopic (exact) mass is 305 g/mol. The second kappa shape index (κ2) is 6.92. The van der Waals surface area contributed by atoms with Crippen molar-refractivity contribution in [2.75, 3.05) is 7.11 Å². The summed E-state index contributed by atoms with van der Waals surface area (Å²) in [7, 11) is 1.63. The Morgan fingerprint density at radius 3 is 2.41 bits per heavy atom. The lowest BCUT2D eigenvalue weighted by molar-refractivity contribution is -0.143. The van der Waals surface area contributed by atoms with Gasteiger partial charge in [-0.1, -0.05) is 30.3 Å².